The number of likely N-dealkylation sites (tertiary alicyclic amines) is 1. The number of hydrogen-bond acceptors (Lipinski definition) is 3. The lowest BCUT2D eigenvalue weighted by atomic mass is 9.63. The molecule has 3 saturated heterocycles. The minimum Gasteiger partial charge on any atom is -0.381 e. The minimum atomic E-state index is 0.365. The van der Waals surface area contributed by atoms with Crippen LogP contribution in [0.1, 0.15) is 80.1 Å². The summed E-state index contributed by atoms with van der Waals surface area (Å²) in [5.41, 5.74) is 2.14. The molecular formula is C23H43NO2. The molecule has 1 aliphatic carbocycles. The topological polar surface area (TPSA) is 21.7 Å². The molecule has 3 aliphatic heterocycles. The van der Waals surface area contributed by atoms with Crippen molar-refractivity contribution in [2.45, 2.75) is 85.6 Å². The molecule has 4 rings (SSSR count). The van der Waals surface area contributed by atoms with Crippen molar-refractivity contribution in [2.24, 2.45) is 22.2 Å². The lowest BCUT2D eigenvalue weighted by Crippen LogP contribution is -2.63. The second kappa shape index (κ2) is 7.37. The van der Waals surface area contributed by atoms with Crippen molar-refractivity contribution in [3.63, 3.8) is 0 Å². The SMILES string of the molecule is CC(C)(C)C1CCC2(CC1)COC2.CC(C)(C)N1CC2(CCOCC2)C1. The van der Waals surface area contributed by atoms with Gasteiger partial charge in [0.2, 0.25) is 0 Å². The first-order chi connectivity index (χ1) is 12.0. The predicted octanol–water partition coefficient (Wildman–Crippen LogP) is 5.14. The van der Waals surface area contributed by atoms with Gasteiger partial charge >= 0.3 is 0 Å². The normalized spacial score (nSPS) is 28.8. The van der Waals surface area contributed by atoms with E-state index in [1.54, 1.807) is 0 Å². The number of rotatable bonds is 0. The summed E-state index contributed by atoms with van der Waals surface area (Å²) in [5.74, 6) is 0.943. The molecule has 0 unspecified atom stereocenters. The van der Waals surface area contributed by atoms with Crippen LogP contribution < -0.4 is 0 Å². The molecule has 2 spiro atoms. The Morgan fingerprint density at radius 2 is 1.27 bits per heavy atom. The molecule has 0 aromatic heterocycles. The van der Waals surface area contributed by atoms with E-state index in [0.29, 0.717) is 21.8 Å². The van der Waals surface area contributed by atoms with Gasteiger partial charge in [-0.3, -0.25) is 4.90 Å². The van der Waals surface area contributed by atoms with Crippen molar-refractivity contribution < 1.29 is 9.47 Å². The number of hydrogen-bond donors (Lipinski definition) is 0. The van der Waals surface area contributed by atoms with Crippen molar-refractivity contribution in [2.75, 3.05) is 39.5 Å². The third kappa shape index (κ3) is 4.64. The van der Waals surface area contributed by atoms with Gasteiger partial charge in [-0.05, 0) is 70.6 Å². The van der Waals surface area contributed by atoms with E-state index in [1.165, 1.54) is 51.6 Å². The quantitative estimate of drug-likeness (QED) is 0.593. The molecular weight excluding hydrogens is 322 g/mol. The standard InChI is InChI=1S/C12H22O.C11H21NO/c1-11(2,3)10-4-6-12(7-5-10)8-13-9-12;1-10(2,3)12-8-11(9-12)4-6-13-7-5-11/h10H,4-9H2,1-3H3;4-9H2,1-3H3. The van der Waals surface area contributed by atoms with Gasteiger partial charge in [-0.2, -0.15) is 0 Å². The zero-order valence-corrected chi connectivity index (χ0v) is 18.3. The highest BCUT2D eigenvalue weighted by molar-refractivity contribution is 5.00. The van der Waals surface area contributed by atoms with Crippen molar-refractivity contribution in [1.29, 1.82) is 0 Å². The first-order valence-electron chi connectivity index (χ1n) is 10.9. The van der Waals surface area contributed by atoms with Crippen LogP contribution in [0.4, 0.5) is 0 Å². The zero-order valence-electron chi connectivity index (χ0n) is 18.3. The summed E-state index contributed by atoms with van der Waals surface area (Å²) in [6.45, 7) is 20.7. The summed E-state index contributed by atoms with van der Waals surface area (Å²) in [6.07, 6.45) is 8.22. The summed E-state index contributed by atoms with van der Waals surface area (Å²) in [4.78, 5) is 2.58. The molecule has 3 nitrogen and oxygen atoms in total. The molecule has 1 saturated carbocycles. The molecule has 0 atom stereocenters. The predicted molar refractivity (Wildman–Crippen MR) is 108 cm³/mol. The average molecular weight is 366 g/mol. The maximum absolute atomic E-state index is 5.40. The molecule has 3 heterocycles. The van der Waals surface area contributed by atoms with Gasteiger partial charge in [0, 0.05) is 42.7 Å². The van der Waals surface area contributed by atoms with Crippen LogP contribution in [0, 0.1) is 22.2 Å². The molecule has 26 heavy (non-hydrogen) atoms. The summed E-state index contributed by atoms with van der Waals surface area (Å²) >= 11 is 0. The average Bonchev–Trinajstić information content (AvgIpc) is 2.51. The molecule has 152 valence electrons. The van der Waals surface area contributed by atoms with E-state index in [2.05, 4.69) is 46.4 Å². The molecule has 0 aromatic rings. The molecule has 0 amide bonds. The second-order valence-corrected chi connectivity index (χ2v) is 11.8. The fraction of sp³-hybridized carbons (Fsp3) is 1.00. The lowest BCUT2D eigenvalue weighted by Gasteiger charge is -2.57. The molecule has 4 aliphatic rings. The molecule has 0 aromatic carbocycles. The van der Waals surface area contributed by atoms with E-state index in [1.807, 2.05) is 0 Å². The molecule has 3 heteroatoms. The highest BCUT2D eigenvalue weighted by Gasteiger charge is 2.47. The van der Waals surface area contributed by atoms with Crippen LogP contribution in [0.2, 0.25) is 0 Å². The first kappa shape index (κ1) is 20.6. The van der Waals surface area contributed by atoms with Gasteiger partial charge in [-0.1, -0.05) is 20.8 Å². The molecule has 0 bridgehead atoms. The van der Waals surface area contributed by atoms with Crippen LogP contribution in [0.15, 0.2) is 0 Å². The van der Waals surface area contributed by atoms with Gasteiger partial charge < -0.3 is 9.47 Å². The van der Waals surface area contributed by atoms with Gasteiger partial charge in [-0.15, -0.1) is 0 Å². The van der Waals surface area contributed by atoms with Gasteiger partial charge in [-0.25, -0.2) is 0 Å². The van der Waals surface area contributed by atoms with Crippen molar-refractivity contribution >= 4 is 0 Å². The maximum atomic E-state index is 5.40. The van der Waals surface area contributed by atoms with E-state index in [4.69, 9.17) is 9.47 Å². The van der Waals surface area contributed by atoms with Gasteiger partial charge in [0.25, 0.3) is 0 Å². The van der Waals surface area contributed by atoms with Crippen molar-refractivity contribution in [3.8, 4) is 0 Å². The Morgan fingerprint density at radius 1 is 0.731 bits per heavy atom. The van der Waals surface area contributed by atoms with Crippen LogP contribution in [0.5, 0.6) is 0 Å². The van der Waals surface area contributed by atoms with Crippen LogP contribution in [-0.4, -0.2) is 50.0 Å². The Hall–Kier alpha value is -0.120. The van der Waals surface area contributed by atoms with Gasteiger partial charge in [0.1, 0.15) is 0 Å². The number of nitrogens with zero attached hydrogens (tertiary/aromatic N) is 1. The Bertz CT molecular complexity index is 446. The van der Waals surface area contributed by atoms with E-state index in [0.717, 1.165) is 32.3 Å². The summed E-state index contributed by atoms with van der Waals surface area (Å²) in [7, 11) is 0. The monoisotopic (exact) mass is 365 g/mol. The smallest absolute Gasteiger partial charge is 0.0544 e. The third-order valence-corrected chi connectivity index (χ3v) is 7.64. The van der Waals surface area contributed by atoms with Crippen molar-refractivity contribution in [1.82, 2.24) is 4.90 Å². The third-order valence-electron chi connectivity index (χ3n) is 7.64. The fourth-order valence-electron chi connectivity index (χ4n) is 5.13. The van der Waals surface area contributed by atoms with Crippen molar-refractivity contribution in [3.05, 3.63) is 0 Å². The highest BCUT2D eigenvalue weighted by atomic mass is 16.5. The van der Waals surface area contributed by atoms with Crippen LogP contribution in [-0.2, 0) is 9.47 Å². The van der Waals surface area contributed by atoms with Crippen LogP contribution in [0.3, 0.4) is 0 Å². The zero-order chi connectivity index (χ0) is 19.1. The van der Waals surface area contributed by atoms with E-state index < -0.39 is 0 Å². The molecule has 4 fully saturated rings. The fourth-order valence-corrected chi connectivity index (χ4v) is 5.13. The first-order valence-corrected chi connectivity index (χ1v) is 10.9. The Kier molecular flexibility index (Phi) is 5.84. The van der Waals surface area contributed by atoms with E-state index in [9.17, 15) is 0 Å². The Morgan fingerprint density at radius 3 is 1.65 bits per heavy atom. The second-order valence-electron chi connectivity index (χ2n) is 11.8. The summed E-state index contributed by atoms with van der Waals surface area (Å²) in [6, 6.07) is 0. The maximum Gasteiger partial charge on any atom is 0.0544 e. The summed E-state index contributed by atoms with van der Waals surface area (Å²) in [5, 5.41) is 0. The van der Waals surface area contributed by atoms with E-state index in [-0.39, 0.29) is 0 Å². The Balaban J connectivity index is 0.000000151. The van der Waals surface area contributed by atoms with Gasteiger partial charge in [0.05, 0.1) is 13.2 Å². The number of ether oxygens (including phenoxy) is 2. The van der Waals surface area contributed by atoms with Gasteiger partial charge in [0.15, 0.2) is 0 Å². The van der Waals surface area contributed by atoms with Crippen LogP contribution >= 0.6 is 0 Å². The molecule has 0 N–H and O–H groups in total. The summed E-state index contributed by atoms with van der Waals surface area (Å²) < 4.78 is 10.7. The highest BCUT2D eigenvalue weighted by Crippen LogP contribution is 2.48. The lowest BCUT2D eigenvalue weighted by molar-refractivity contribution is -0.141. The Labute approximate surface area is 162 Å². The van der Waals surface area contributed by atoms with Crippen LogP contribution in [0.25, 0.3) is 0 Å². The van der Waals surface area contributed by atoms with E-state index >= 15 is 0 Å². The molecule has 0 radical (unpaired) electrons. The minimum absolute atomic E-state index is 0.365. The largest absolute Gasteiger partial charge is 0.381 e.